The molecule has 4 aromatic rings. The first-order chi connectivity index (χ1) is 11.4. The Morgan fingerprint density at radius 3 is 2.00 bits per heavy atom. The fourth-order valence-corrected chi connectivity index (χ4v) is 2.57. The standard InChI is InChI=1S/C20H14N2O/c1-3-8-15(9-4-1)18-14-17(19-12-7-13-23-19)20(22-21-18)16-10-5-2-6-11-16/h1-14H. The Hall–Kier alpha value is -3.20. The lowest BCUT2D eigenvalue weighted by Crippen LogP contribution is -1.95. The molecule has 2 heterocycles. The summed E-state index contributed by atoms with van der Waals surface area (Å²) in [5.41, 5.74) is 4.64. The van der Waals surface area contributed by atoms with Crippen LogP contribution in [0.1, 0.15) is 0 Å². The Kier molecular flexibility index (Phi) is 3.45. The van der Waals surface area contributed by atoms with E-state index in [1.165, 1.54) is 0 Å². The van der Waals surface area contributed by atoms with Crippen molar-refractivity contribution in [2.45, 2.75) is 0 Å². The largest absolute Gasteiger partial charge is 0.464 e. The quantitative estimate of drug-likeness (QED) is 0.530. The summed E-state index contributed by atoms with van der Waals surface area (Å²) in [6.45, 7) is 0. The number of aromatic nitrogens is 2. The van der Waals surface area contributed by atoms with E-state index < -0.39 is 0 Å². The van der Waals surface area contributed by atoms with Crippen molar-refractivity contribution in [1.82, 2.24) is 10.2 Å². The molecule has 0 radical (unpaired) electrons. The van der Waals surface area contributed by atoms with Crippen LogP contribution in [0, 0.1) is 0 Å². The summed E-state index contributed by atoms with van der Waals surface area (Å²) in [4.78, 5) is 0. The summed E-state index contributed by atoms with van der Waals surface area (Å²) in [6.07, 6.45) is 1.67. The minimum atomic E-state index is 0.788. The van der Waals surface area contributed by atoms with E-state index in [1.54, 1.807) is 6.26 Å². The first kappa shape index (κ1) is 13.5. The van der Waals surface area contributed by atoms with Crippen LogP contribution in [0.5, 0.6) is 0 Å². The molecule has 0 aliphatic heterocycles. The lowest BCUT2D eigenvalue weighted by Gasteiger charge is -2.08. The van der Waals surface area contributed by atoms with E-state index in [-0.39, 0.29) is 0 Å². The molecule has 0 saturated carbocycles. The molecule has 0 bridgehead atoms. The second kappa shape index (κ2) is 5.89. The SMILES string of the molecule is c1ccc(-c2cc(-c3ccco3)c(-c3ccccc3)nn2)cc1. The van der Waals surface area contributed by atoms with E-state index in [0.29, 0.717) is 0 Å². The van der Waals surface area contributed by atoms with Crippen LogP contribution >= 0.6 is 0 Å². The van der Waals surface area contributed by atoms with Crippen LogP contribution < -0.4 is 0 Å². The highest BCUT2D eigenvalue weighted by Crippen LogP contribution is 2.32. The van der Waals surface area contributed by atoms with Crippen molar-refractivity contribution >= 4 is 0 Å². The summed E-state index contributed by atoms with van der Waals surface area (Å²) in [5, 5.41) is 8.88. The number of furan rings is 1. The number of hydrogen-bond donors (Lipinski definition) is 0. The molecule has 3 heteroatoms. The summed E-state index contributed by atoms with van der Waals surface area (Å²) in [7, 11) is 0. The Morgan fingerprint density at radius 2 is 1.35 bits per heavy atom. The fourth-order valence-electron chi connectivity index (χ4n) is 2.57. The maximum Gasteiger partial charge on any atom is 0.136 e. The zero-order valence-electron chi connectivity index (χ0n) is 12.4. The lowest BCUT2D eigenvalue weighted by molar-refractivity contribution is 0.582. The van der Waals surface area contributed by atoms with Crippen LogP contribution in [0.25, 0.3) is 33.8 Å². The van der Waals surface area contributed by atoms with Crippen LogP contribution in [0.2, 0.25) is 0 Å². The van der Waals surface area contributed by atoms with Gasteiger partial charge >= 0.3 is 0 Å². The van der Waals surface area contributed by atoms with Gasteiger partial charge in [-0.1, -0.05) is 60.7 Å². The van der Waals surface area contributed by atoms with Gasteiger partial charge in [-0.25, -0.2) is 0 Å². The minimum absolute atomic E-state index is 0.788. The van der Waals surface area contributed by atoms with Gasteiger partial charge in [0.05, 0.1) is 12.0 Å². The average molecular weight is 298 g/mol. The summed E-state index contributed by atoms with van der Waals surface area (Å²) in [6, 6.07) is 25.9. The third-order valence-corrected chi connectivity index (χ3v) is 3.70. The first-order valence-electron chi connectivity index (χ1n) is 7.44. The van der Waals surface area contributed by atoms with Crippen LogP contribution in [-0.4, -0.2) is 10.2 Å². The monoisotopic (exact) mass is 298 g/mol. The van der Waals surface area contributed by atoms with Gasteiger partial charge in [-0.3, -0.25) is 0 Å². The molecule has 0 aliphatic rings. The molecule has 3 nitrogen and oxygen atoms in total. The Labute approximate surface area is 134 Å². The van der Waals surface area contributed by atoms with E-state index in [4.69, 9.17) is 4.42 Å². The molecule has 23 heavy (non-hydrogen) atoms. The molecule has 0 saturated heterocycles. The molecule has 0 aliphatic carbocycles. The van der Waals surface area contributed by atoms with Gasteiger partial charge < -0.3 is 4.42 Å². The van der Waals surface area contributed by atoms with Crippen molar-refractivity contribution in [3.8, 4) is 33.8 Å². The molecule has 0 spiro atoms. The normalized spacial score (nSPS) is 10.6. The molecule has 0 fully saturated rings. The molecular weight excluding hydrogens is 284 g/mol. The van der Waals surface area contributed by atoms with E-state index in [9.17, 15) is 0 Å². The van der Waals surface area contributed by atoms with Crippen LogP contribution in [0.4, 0.5) is 0 Å². The Balaban J connectivity index is 1.91. The van der Waals surface area contributed by atoms with Crippen molar-refractivity contribution < 1.29 is 4.42 Å². The topological polar surface area (TPSA) is 38.9 Å². The van der Waals surface area contributed by atoms with Crippen LogP contribution in [-0.2, 0) is 0 Å². The highest BCUT2D eigenvalue weighted by atomic mass is 16.3. The van der Waals surface area contributed by atoms with Gasteiger partial charge in [-0.2, -0.15) is 0 Å². The third-order valence-electron chi connectivity index (χ3n) is 3.70. The van der Waals surface area contributed by atoms with Crippen LogP contribution in [0.3, 0.4) is 0 Å². The fraction of sp³-hybridized carbons (Fsp3) is 0. The molecule has 2 aromatic heterocycles. The van der Waals surface area contributed by atoms with Gasteiger partial charge in [-0.15, -0.1) is 10.2 Å². The van der Waals surface area contributed by atoms with Crippen molar-refractivity contribution in [3.05, 3.63) is 85.1 Å². The van der Waals surface area contributed by atoms with Gasteiger partial charge in [0.15, 0.2) is 0 Å². The molecule has 110 valence electrons. The van der Waals surface area contributed by atoms with E-state index in [2.05, 4.69) is 10.2 Å². The van der Waals surface area contributed by atoms with Crippen LogP contribution in [0.15, 0.2) is 89.5 Å². The molecular formula is C20H14N2O. The van der Waals surface area contributed by atoms with Gasteiger partial charge in [0.2, 0.25) is 0 Å². The van der Waals surface area contributed by atoms with Crippen molar-refractivity contribution in [2.75, 3.05) is 0 Å². The van der Waals surface area contributed by atoms with Gasteiger partial charge in [-0.05, 0) is 18.2 Å². The molecule has 0 atom stereocenters. The molecule has 0 amide bonds. The van der Waals surface area contributed by atoms with E-state index in [0.717, 1.165) is 33.8 Å². The highest BCUT2D eigenvalue weighted by Gasteiger charge is 2.14. The predicted molar refractivity (Wildman–Crippen MR) is 90.6 cm³/mol. The Bertz CT molecular complexity index is 901. The van der Waals surface area contributed by atoms with Crippen molar-refractivity contribution in [2.24, 2.45) is 0 Å². The molecule has 0 unspecified atom stereocenters. The zero-order chi connectivity index (χ0) is 15.5. The van der Waals surface area contributed by atoms with Gasteiger partial charge in [0.25, 0.3) is 0 Å². The van der Waals surface area contributed by atoms with Crippen molar-refractivity contribution in [1.29, 1.82) is 0 Å². The lowest BCUT2D eigenvalue weighted by atomic mass is 10.0. The third kappa shape index (κ3) is 2.64. The number of rotatable bonds is 3. The Morgan fingerprint density at radius 1 is 0.652 bits per heavy atom. The van der Waals surface area contributed by atoms with Crippen molar-refractivity contribution in [3.63, 3.8) is 0 Å². The molecule has 2 aromatic carbocycles. The molecule has 0 N–H and O–H groups in total. The summed E-state index contributed by atoms with van der Waals surface area (Å²) in [5.74, 6) is 0.788. The number of benzene rings is 2. The summed E-state index contributed by atoms with van der Waals surface area (Å²) < 4.78 is 5.60. The van der Waals surface area contributed by atoms with Gasteiger partial charge in [0.1, 0.15) is 11.5 Å². The maximum atomic E-state index is 5.60. The smallest absolute Gasteiger partial charge is 0.136 e. The predicted octanol–water partition coefficient (Wildman–Crippen LogP) is 5.07. The second-order valence-electron chi connectivity index (χ2n) is 5.20. The highest BCUT2D eigenvalue weighted by molar-refractivity contribution is 5.80. The van der Waals surface area contributed by atoms with E-state index >= 15 is 0 Å². The maximum absolute atomic E-state index is 5.60. The minimum Gasteiger partial charge on any atom is -0.464 e. The number of hydrogen-bond acceptors (Lipinski definition) is 3. The average Bonchev–Trinajstić information content (AvgIpc) is 3.17. The zero-order valence-corrected chi connectivity index (χ0v) is 12.4. The van der Waals surface area contributed by atoms with Gasteiger partial charge in [0, 0.05) is 16.7 Å². The molecule has 4 rings (SSSR count). The first-order valence-corrected chi connectivity index (χ1v) is 7.44. The summed E-state index contributed by atoms with van der Waals surface area (Å²) >= 11 is 0. The number of nitrogens with zero attached hydrogens (tertiary/aromatic N) is 2. The van der Waals surface area contributed by atoms with E-state index in [1.807, 2.05) is 78.9 Å². The second-order valence-corrected chi connectivity index (χ2v) is 5.20.